The van der Waals surface area contributed by atoms with Gasteiger partial charge in [0.1, 0.15) is 0 Å². The fraction of sp³-hybridized carbons (Fsp3) is 0.154. The van der Waals surface area contributed by atoms with Crippen LogP contribution in [0.3, 0.4) is 0 Å². The van der Waals surface area contributed by atoms with Gasteiger partial charge in [0.25, 0.3) is 10.0 Å². The van der Waals surface area contributed by atoms with E-state index in [9.17, 15) is 8.42 Å². The topological polar surface area (TPSA) is 71.1 Å². The highest BCUT2D eigenvalue weighted by molar-refractivity contribution is 7.92. The first-order valence-electron chi connectivity index (χ1n) is 5.76. The zero-order valence-electron chi connectivity index (χ0n) is 10.7. The molecule has 0 amide bonds. The van der Waals surface area contributed by atoms with Crippen molar-refractivity contribution in [3.63, 3.8) is 0 Å². The highest BCUT2D eigenvalue weighted by Gasteiger charge is 2.20. The second-order valence-electron chi connectivity index (χ2n) is 4.03. The highest BCUT2D eigenvalue weighted by atomic mass is 32.2. The molecule has 0 spiro atoms. The molecule has 0 atom stereocenters. The second kappa shape index (κ2) is 5.27. The first-order chi connectivity index (χ1) is 9.04. The summed E-state index contributed by atoms with van der Waals surface area (Å²) in [6.45, 7) is 1.84. The quantitative estimate of drug-likeness (QED) is 0.899. The van der Waals surface area contributed by atoms with Gasteiger partial charge < -0.3 is 5.32 Å². The first-order valence-corrected chi connectivity index (χ1v) is 7.24. The van der Waals surface area contributed by atoms with E-state index in [-0.39, 0.29) is 5.03 Å². The molecule has 0 radical (unpaired) electrons. The molecule has 2 rings (SSSR count). The molecule has 0 aliphatic carbocycles. The number of para-hydroxylation sites is 1. The molecule has 2 aromatic rings. The fourth-order valence-electron chi connectivity index (χ4n) is 1.68. The van der Waals surface area contributed by atoms with Crippen LogP contribution in [0.15, 0.2) is 47.6 Å². The Bertz CT molecular complexity index is 684. The van der Waals surface area contributed by atoms with Crippen LogP contribution in [0.25, 0.3) is 0 Å². The molecule has 0 saturated carbocycles. The van der Waals surface area contributed by atoms with Crippen molar-refractivity contribution in [3.8, 4) is 0 Å². The number of hydrogen-bond acceptors (Lipinski definition) is 4. The maximum atomic E-state index is 12.3. The Morgan fingerprint density at radius 3 is 2.42 bits per heavy atom. The summed E-state index contributed by atoms with van der Waals surface area (Å²) in [6.07, 6.45) is 1.45. The number of pyridine rings is 1. The van der Waals surface area contributed by atoms with Gasteiger partial charge in [0, 0.05) is 13.2 Å². The number of aromatic nitrogens is 1. The molecule has 1 aromatic heterocycles. The first kappa shape index (κ1) is 13.4. The molecule has 1 aromatic carbocycles. The maximum absolute atomic E-state index is 12.3. The van der Waals surface area contributed by atoms with Crippen molar-refractivity contribution in [1.29, 1.82) is 0 Å². The molecule has 2 N–H and O–H groups in total. The Balaban J connectivity index is 2.41. The number of sulfonamides is 1. The van der Waals surface area contributed by atoms with Crippen molar-refractivity contribution in [2.24, 2.45) is 0 Å². The number of nitrogens with zero attached hydrogens (tertiary/aromatic N) is 1. The van der Waals surface area contributed by atoms with E-state index >= 15 is 0 Å². The molecule has 0 fully saturated rings. The number of anilines is 2. The van der Waals surface area contributed by atoms with Crippen LogP contribution in [0.1, 0.15) is 5.56 Å². The van der Waals surface area contributed by atoms with Gasteiger partial charge in [0.2, 0.25) is 0 Å². The largest absolute Gasteiger partial charge is 0.386 e. The zero-order chi connectivity index (χ0) is 13.9. The summed E-state index contributed by atoms with van der Waals surface area (Å²) >= 11 is 0. The predicted molar refractivity (Wildman–Crippen MR) is 75.8 cm³/mol. The standard InChI is InChI=1S/C13H15N3O2S/c1-10-6-3-4-7-11(10)16-19(17,18)13-12(14-2)8-5-9-15-13/h3-9,14,16H,1-2H3. The van der Waals surface area contributed by atoms with Crippen molar-refractivity contribution in [1.82, 2.24) is 4.98 Å². The van der Waals surface area contributed by atoms with Crippen molar-refractivity contribution in [2.45, 2.75) is 11.9 Å². The van der Waals surface area contributed by atoms with Gasteiger partial charge in [-0.1, -0.05) is 18.2 Å². The van der Waals surface area contributed by atoms with Crippen LogP contribution < -0.4 is 10.0 Å². The van der Waals surface area contributed by atoms with E-state index < -0.39 is 10.0 Å². The van der Waals surface area contributed by atoms with Gasteiger partial charge in [0.05, 0.1) is 11.4 Å². The molecular formula is C13H15N3O2S. The number of rotatable bonds is 4. The molecule has 0 unspecified atom stereocenters. The Morgan fingerprint density at radius 2 is 1.74 bits per heavy atom. The van der Waals surface area contributed by atoms with Crippen LogP contribution in [0.5, 0.6) is 0 Å². The lowest BCUT2D eigenvalue weighted by atomic mass is 10.2. The third-order valence-electron chi connectivity index (χ3n) is 2.68. The van der Waals surface area contributed by atoms with Crippen molar-refractivity contribution in [2.75, 3.05) is 17.1 Å². The van der Waals surface area contributed by atoms with Crippen LogP contribution >= 0.6 is 0 Å². The molecular weight excluding hydrogens is 262 g/mol. The summed E-state index contributed by atoms with van der Waals surface area (Å²) < 4.78 is 27.2. The molecule has 100 valence electrons. The van der Waals surface area contributed by atoms with Crippen LogP contribution in [0.4, 0.5) is 11.4 Å². The zero-order valence-corrected chi connectivity index (χ0v) is 11.5. The number of aryl methyl sites for hydroxylation is 1. The summed E-state index contributed by atoms with van der Waals surface area (Å²) in [7, 11) is -2.05. The smallest absolute Gasteiger partial charge is 0.281 e. The molecule has 5 nitrogen and oxygen atoms in total. The van der Waals surface area contributed by atoms with Crippen molar-refractivity contribution < 1.29 is 8.42 Å². The molecule has 19 heavy (non-hydrogen) atoms. The van der Waals surface area contributed by atoms with E-state index in [0.717, 1.165) is 5.56 Å². The maximum Gasteiger partial charge on any atom is 0.281 e. The molecule has 0 aliphatic rings. The van der Waals surface area contributed by atoms with E-state index in [1.165, 1.54) is 6.20 Å². The number of hydrogen-bond donors (Lipinski definition) is 2. The van der Waals surface area contributed by atoms with Gasteiger partial charge in [-0.25, -0.2) is 4.98 Å². The summed E-state index contributed by atoms with van der Waals surface area (Å²) in [5.74, 6) is 0. The summed E-state index contributed by atoms with van der Waals surface area (Å²) in [6, 6.07) is 10.5. The Kier molecular flexibility index (Phi) is 3.71. The Hall–Kier alpha value is -2.08. The van der Waals surface area contributed by atoms with Crippen LogP contribution in [0, 0.1) is 6.92 Å². The van der Waals surface area contributed by atoms with Crippen LogP contribution in [-0.2, 0) is 10.0 Å². The van der Waals surface area contributed by atoms with Gasteiger partial charge in [-0.15, -0.1) is 0 Å². The third-order valence-corrected chi connectivity index (χ3v) is 4.01. The Labute approximate surface area is 112 Å². The third kappa shape index (κ3) is 2.85. The van der Waals surface area contributed by atoms with Gasteiger partial charge in [-0.05, 0) is 30.7 Å². The number of nitrogens with one attached hydrogen (secondary N) is 2. The molecule has 6 heteroatoms. The minimum Gasteiger partial charge on any atom is -0.386 e. The summed E-state index contributed by atoms with van der Waals surface area (Å²) in [4.78, 5) is 3.93. The monoisotopic (exact) mass is 277 g/mol. The van der Waals surface area contributed by atoms with Crippen molar-refractivity contribution >= 4 is 21.4 Å². The van der Waals surface area contributed by atoms with E-state index in [1.54, 1.807) is 31.3 Å². The lowest BCUT2D eigenvalue weighted by molar-refractivity contribution is 0.598. The normalized spacial score (nSPS) is 11.1. The lowest BCUT2D eigenvalue weighted by Gasteiger charge is -2.12. The van der Waals surface area contributed by atoms with Gasteiger partial charge in [-0.3, -0.25) is 4.72 Å². The summed E-state index contributed by atoms with van der Waals surface area (Å²) in [5.41, 5.74) is 1.87. The average Bonchev–Trinajstić information content (AvgIpc) is 2.41. The highest BCUT2D eigenvalue weighted by Crippen LogP contribution is 2.22. The summed E-state index contributed by atoms with van der Waals surface area (Å²) in [5, 5.41) is 2.81. The van der Waals surface area contributed by atoms with Crippen LogP contribution in [-0.4, -0.2) is 20.4 Å². The molecule has 0 aliphatic heterocycles. The molecule has 0 saturated heterocycles. The lowest BCUT2D eigenvalue weighted by Crippen LogP contribution is -2.16. The van der Waals surface area contributed by atoms with Gasteiger partial charge in [-0.2, -0.15) is 8.42 Å². The van der Waals surface area contributed by atoms with E-state index in [1.807, 2.05) is 19.1 Å². The van der Waals surface area contributed by atoms with Gasteiger partial charge >= 0.3 is 0 Å². The second-order valence-corrected chi connectivity index (χ2v) is 5.62. The predicted octanol–water partition coefficient (Wildman–Crippen LogP) is 2.23. The van der Waals surface area contributed by atoms with E-state index in [4.69, 9.17) is 0 Å². The minimum absolute atomic E-state index is 0.0132. The molecule has 0 bridgehead atoms. The number of benzene rings is 1. The van der Waals surface area contributed by atoms with Crippen molar-refractivity contribution in [3.05, 3.63) is 48.2 Å². The van der Waals surface area contributed by atoms with E-state index in [2.05, 4.69) is 15.0 Å². The average molecular weight is 277 g/mol. The van der Waals surface area contributed by atoms with E-state index in [0.29, 0.717) is 11.4 Å². The van der Waals surface area contributed by atoms with Crippen LogP contribution in [0.2, 0.25) is 0 Å². The SMILES string of the molecule is CNc1cccnc1S(=O)(=O)Nc1ccccc1C. The minimum atomic E-state index is -3.70. The van der Waals surface area contributed by atoms with Gasteiger partial charge in [0.15, 0.2) is 5.03 Å². The fourth-order valence-corrected chi connectivity index (χ4v) is 2.95. The Morgan fingerprint density at radius 1 is 1.05 bits per heavy atom. The molecule has 1 heterocycles.